The highest BCUT2D eigenvalue weighted by molar-refractivity contribution is 6.07. The Morgan fingerprint density at radius 3 is 2.65 bits per heavy atom. The molecule has 0 aliphatic carbocycles. The monoisotopic (exact) mass is 273 g/mol. The summed E-state index contributed by atoms with van der Waals surface area (Å²) in [6.07, 6.45) is 1.68. The van der Waals surface area contributed by atoms with Crippen molar-refractivity contribution in [3.8, 4) is 0 Å². The molecular formula is C15H19N3O2. The van der Waals surface area contributed by atoms with E-state index in [1.54, 1.807) is 6.20 Å². The number of H-pyrrole nitrogens is 1. The molecule has 0 saturated heterocycles. The Balaban J connectivity index is 2.33. The van der Waals surface area contributed by atoms with Gasteiger partial charge in [0.25, 0.3) is 5.91 Å². The van der Waals surface area contributed by atoms with E-state index in [1.807, 2.05) is 38.1 Å². The van der Waals surface area contributed by atoms with Gasteiger partial charge in [0.2, 0.25) is 5.91 Å². The smallest absolute Gasteiger partial charge is 0.256 e. The molecule has 1 aromatic carbocycles. The van der Waals surface area contributed by atoms with Gasteiger partial charge in [-0.2, -0.15) is 0 Å². The van der Waals surface area contributed by atoms with Crippen LogP contribution in [0.3, 0.4) is 0 Å². The summed E-state index contributed by atoms with van der Waals surface area (Å²) in [7, 11) is 0. The first-order chi connectivity index (χ1) is 9.49. The van der Waals surface area contributed by atoms with Crippen LogP contribution in [0.1, 0.15) is 24.2 Å². The van der Waals surface area contributed by atoms with Crippen molar-refractivity contribution >= 4 is 22.7 Å². The van der Waals surface area contributed by atoms with E-state index in [1.165, 1.54) is 4.90 Å². The molecule has 20 heavy (non-hydrogen) atoms. The molecule has 5 heteroatoms. The minimum Gasteiger partial charge on any atom is -0.368 e. The number of fused-ring (bicyclic) bond motifs is 1. The molecule has 5 nitrogen and oxygen atoms in total. The largest absolute Gasteiger partial charge is 0.368 e. The minimum absolute atomic E-state index is 0.0590. The number of para-hydroxylation sites is 1. The van der Waals surface area contributed by atoms with Gasteiger partial charge >= 0.3 is 0 Å². The average Bonchev–Trinajstić information content (AvgIpc) is 2.79. The molecule has 0 aliphatic heterocycles. The second-order valence-electron chi connectivity index (χ2n) is 5.29. The molecule has 0 atom stereocenters. The summed E-state index contributed by atoms with van der Waals surface area (Å²) in [5.74, 6) is -0.405. The fraction of sp³-hybridized carbons (Fsp3) is 0.333. The van der Waals surface area contributed by atoms with Gasteiger partial charge in [0.1, 0.15) is 0 Å². The minimum atomic E-state index is -0.501. The molecule has 1 aromatic heterocycles. The number of rotatable bonds is 5. The van der Waals surface area contributed by atoms with E-state index in [2.05, 4.69) is 4.98 Å². The molecule has 0 saturated carbocycles. The van der Waals surface area contributed by atoms with Crippen molar-refractivity contribution in [2.45, 2.75) is 13.8 Å². The molecule has 0 spiro atoms. The predicted molar refractivity (Wildman–Crippen MR) is 78.2 cm³/mol. The van der Waals surface area contributed by atoms with E-state index in [0.29, 0.717) is 12.1 Å². The number of primary amides is 1. The number of nitrogens with zero attached hydrogens (tertiary/aromatic N) is 1. The summed E-state index contributed by atoms with van der Waals surface area (Å²) in [4.78, 5) is 28.3. The maximum Gasteiger partial charge on any atom is 0.256 e. The van der Waals surface area contributed by atoms with Crippen LogP contribution in [0.25, 0.3) is 10.9 Å². The second-order valence-corrected chi connectivity index (χ2v) is 5.29. The van der Waals surface area contributed by atoms with Gasteiger partial charge in [-0.15, -0.1) is 0 Å². The molecule has 2 amide bonds. The third-order valence-electron chi connectivity index (χ3n) is 3.04. The van der Waals surface area contributed by atoms with Gasteiger partial charge in [-0.25, -0.2) is 0 Å². The van der Waals surface area contributed by atoms with Gasteiger partial charge in [0.15, 0.2) is 0 Å². The summed E-state index contributed by atoms with van der Waals surface area (Å²) in [5.41, 5.74) is 6.71. The highest BCUT2D eigenvalue weighted by atomic mass is 16.2. The van der Waals surface area contributed by atoms with E-state index >= 15 is 0 Å². The van der Waals surface area contributed by atoms with Crippen molar-refractivity contribution in [1.82, 2.24) is 9.88 Å². The molecular weight excluding hydrogens is 254 g/mol. The molecule has 0 fully saturated rings. The SMILES string of the molecule is CC(C)CN(CC(N)=O)C(=O)c1c[nH]c2ccccc12. The number of amides is 2. The van der Waals surface area contributed by atoms with E-state index in [-0.39, 0.29) is 18.4 Å². The van der Waals surface area contributed by atoms with Crippen LogP contribution in [-0.2, 0) is 4.79 Å². The number of hydrogen-bond donors (Lipinski definition) is 2. The van der Waals surface area contributed by atoms with Crippen molar-refractivity contribution in [2.75, 3.05) is 13.1 Å². The lowest BCUT2D eigenvalue weighted by Crippen LogP contribution is -2.40. The number of aromatic amines is 1. The van der Waals surface area contributed by atoms with E-state index in [0.717, 1.165) is 10.9 Å². The maximum atomic E-state index is 12.6. The summed E-state index contributed by atoms with van der Waals surface area (Å²) >= 11 is 0. The Morgan fingerprint density at radius 1 is 1.30 bits per heavy atom. The number of hydrogen-bond acceptors (Lipinski definition) is 2. The molecule has 1 heterocycles. The number of carbonyl (C=O) groups excluding carboxylic acids is 2. The number of nitrogens with two attached hydrogens (primary N) is 1. The summed E-state index contributed by atoms with van der Waals surface area (Å²) in [6, 6.07) is 7.58. The first-order valence-electron chi connectivity index (χ1n) is 6.62. The number of aromatic nitrogens is 1. The number of benzene rings is 1. The van der Waals surface area contributed by atoms with Crippen molar-refractivity contribution in [3.05, 3.63) is 36.0 Å². The van der Waals surface area contributed by atoms with Crippen LogP contribution in [0, 0.1) is 5.92 Å². The molecule has 0 unspecified atom stereocenters. The Bertz CT molecular complexity index is 631. The summed E-state index contributed by atoms with van der Waals surface area (Å²) < 4.78 is 0. The van der Waals surface area contributed by atoms with Crippen LogP contribution in [0.15, 0.2) is 30.5 Å². The molecule has 2 aromatic rings. The average molecular weight is 273 g/mol. The lowest BCUT2D eigenvalue weighted by molar-refractivity contribution is -0.118. The molecule has 0 bridgehead atoms. The second kappa shape index (κ2) is 5.77. The summed E-state index contributed by atoms with van der Waals surface area (Å²) in [6.45, 7) is 4.44. The van der Waals surface area contributed by atoms with Gasteiger partial charge in [-0.1, -0.05) is 32.0 Å². The summed E-state index contributed by atoms with van der Waals surface area (Å²) in [5, 5.41) is 0.857. The molecule has 0 aliphatic rings. The number of carbonyl (C=O) groups is 2. The van der Waals surface area contributed by atoms with E-state index < -0.39 is 5.91 Å². The van der Waals surface area contributed by atoms with Crippen LogP contribution < -0.4 is 5.73 Å². The van der Waals surface area contributed by atoms with Gasteiger partial charge < -0.3 is 15.6 Å². The van der Waals surface area contributed by atoms with Crippen molar-refractivity contribution in [1.29, 1.82) is 0 Å². The zero-order chi connectivity index (χ0) is 14.7. The van der Waals surface area contributed by atoms with Gasteiger partial charge in [-0.3, -0.25) is 9.59 Å². The van der Waals surface area contributed by atoms with Gasteiger partial charge in [0, 0.05) is 23.6 Å². The normalized spacial score (nSPS) is 10.9. The zero-order valence-electron chi connectivity index (χ0n) is 11.7. The highest BCUT2D eigenvalue weighted by Gasteiger charge is 2.21. The van der Waals surface area contributed by atoms with E-state index in [9.17, 15) is 9.59 Å². The fourth-order valence-corrected chi connectivity index (χ4v) is 2.27. The quantitative estimate of drug-likeness (QED) is 0.870. The van der Waals surface area contributed by atoms with Crippen molar-refractivity contribution < 1.29 is 9.59 Å². The lowest BCUT2D eigenvalue weighted by Gasteiger charge is -2.22. The topological polar surface area (TPSA) is 79.2 Å². The Labute approximate surface area is 117 Å². The first-order valence-corrected chi connectivity index (χ1v) is 6.62. The molecule has 3 N–H and O–H groups in total. The van der Waals surface area contributed by atoms with Crippen LogP contribution in [0.2, 0.25) is 0 Å². The molecule has 0 radical (unpaired) electrons. The fourth-order valence-electron chi connectivity index (χ4n) is 2.27. The predicted octanol–water partition coefficient (Wildman–Crippen LogP) is 1.75. The Morgan fingerprint density at radius 2 is 2.00 bits per heavy atom. The zero-order valence-corrected chi connectivity index (χ0v) is 11.7. The molecule has 106 valence electrons. The van der Waals surface area contributed by atoms with Gasteiger partial charge in [0.05, 0.1) is 12.1 Å². The van der Waals surface area contributed by atoms with E-state index in [4.69, 9.17) is 5.73 Å². The van der Waals surface area contributed by atoms with Gasteiger partial charge in [-0.05, 0) is 12.0 Å². The van der Waals surface area contributed by atoms with Crippen LogP contribution in [0.5, 0.6) is 0 Å². The maximum absolute atomic E-state index is 12.6. The standard InChI is InChI=1S/C15H19N3O2/c1-10(2)8-18(9-14(16)19)15(20)12-7-17-13-6-4-3-5-11(12)13/h3-7,10,17H,8-9H2,1-2H3,(H2,16,19). The third-order valence-corrected chi connectivity index (χ3v) is 3.04. The lowest BCUT2D eigenvalue weighted by atomic mass is 10.1. The van der Waals surface area contributed by atoms with Crippen molar-refractivity contribution in [2.24, 2.45) is 11.7 Å². The van der Waals surface area contributed by atoms with Crippen LogP contribution in [-0.4, -0.2) is 34.8 Å². The Kier molecular flexibility index (Phi) is 4.08. The molecule has 2 rings (SSSR count). The third kappa shape index (κ3) is 2.99. The van der Waals surface area contributed by atoms with Crippen LogP contribution >= 0.6 is 0 Å². The Hall–Kier alpha value is -2.30. The highest BCUT2D eigenvalue weighted by Crippen LogP contribution is 2.19. The van der Waals surface area contributed by atoms with Crippen molar-refractivity contribution in [3.63, 3.8) is 0 Å². The first kappa shape index (κ1) is 14.1. The number of nitrogens with one attached hydrogen (secondary N) is 1. The van der Waals surface area contributed by atoms with Crippen LogP contribution in [0.4, 0.5) is 0 Å².